The summed E-state index contributed by atoms with van der Waals surface area (Å²) in [5.41, 5.74) is -1.04. The highest BCUT2D eigenvalue weighted by molar-refractivity contribution is 6.04. The number of benzene rings is 4. The van der Waals surface area contributed by atoms with Gasteiger partial charge in [0.1, 0.15) is 143 Å². The number of hydrogen-bond acceptors (Lipinski definition) is 20. The van der Waals surface area contributed by atoms with Gasteiger partial charge in [-0.2, -0.15) is 0 Å². The van der Waals surface area contributed by atoms with Crippen molar-refractivity contribution >= 4 is 70.0 Å². The first-order valence-electron chi connectivity index (χ1n) is 38.3. The molecule has 0 spiro atoms. The maximum Gasteiger partial charge on any atom is 0.291 e. The van der Waals surface area contributed by atoms with Gasteiger partial charge in [0.15, 0.2) is 23.3 Å². The average Bonchev–Trinajstić information content (AvgIpc) is 1.66. The fraction of sp³-hybridized carbons (Fsp3) is 0.474. The van der Waals surface area contributed by atoms with Gasteiger partial charge in [0.25, 0.3) is 47.3 Å². The highest BCUT2D eigenvalue weighted by Crippen LogP contribution is 2.38. The van der Waals surface area contributed by atoms with Crippen molar-refractivity contribution in [2.75, 3.05) is 47.7 Å². The third kappa shape index (κ3) is 18.3. The summed E-state index contributed by atoms with van der Waals surface area (Å²) in [6.07, 6.45) is 14.7. The quantitative estimate of drug-likeness (QED) is 0.0470. The lowest BCUT2D eigenvalue weighted by Crippen LogP contribution is -2.46. The number of hydrogen-bond donors (Lipinski definition) is 8. The maximum atomic E-state index is 13.9. The summed E-state index contributed by atoms with van der Waals surface area (Å²) in [6.45, 7) is 11.4. The summed E-state index contributed by atoms with van der Waals surface area (Å²) < 4.78 is 138. The number of carbonyl (C=O) groups is 8. The van der Waals surface area contributed by atoms with Gasteiger partial charge in [0.05, 0.1) is 24.2 Å². The van der Waals surface area contributed by atoms with E-state index in [0.717, 1.165) is 150 Å². The van der Waals surface area contributed by atoms with E-state index in [1.54, 1.807) is 18.7 Å². The third-order valence-electron chi connectivity index (χ3n) is 20.6. The minimum atomic E-state index is -1.11. The molecule has 8 aliphatic rings. The summed E-state index contributed by atoms with van der Waals surface area (Å²) in [6, 6.07) is 2.81. The number of halogens is 8. The van der Waals surface area contributed by atoms with E-state index in [0.29, 0.717) is 36.1 Å². The Morgan fingerprint density at radius 3 is 0.879 bits per heavy atom. The molecule has 8 aromatic rings. The van der Waals surface area contributed by atoms with E-state index in [-0.39, 0.29) is 120 Å². The number of amides is 8. The van der Waals surface area contributed by atoms with Crippen LogP contribution in [0.15, 0.2) is 48.5 Å². The third-order valence-corrected chi connectivity index (χ3v) is 20.6. The second-order valence-electron chi connectivity index (χ2n) is 29.6. The van der Waals surface area contributed by atoms with Crippen molar-refractivity contribution in [2.45, 2.75) is 193 Å². The zero-order chi connectivity index (χ0) is 82.5. The Bertz CT molecular complexity index is 4800. The molecule has 4 aromatic heterocycles. The molecule has 0 fully saturated rings. The lowest BCUT2D eigenvalue weighted by Gasteiger charge is -2.26. The minimum absolute atomic E-state index is 0.0187. The largest absolute Gasteiger partial charge is 0.488 e. The first-order valence-corrected chi connectivity index (χ1v) is 38.3. The summed E-state index contributed by atoms with van der Waals surface area (Å²) in [5, 5.41) is 36.8. The van der Waals surface area contributed by atoms with Gasteiger partial charge in [0.2, 0.25) is 23.3 Å². The molecule has 0 aliphatic carbocycles. The monoisotopic (exact) mass is 1620 g/mol. The molecular formula is C76H84F8N20O12. The molecule has 0 saturated carbocycles. The number of nitrogens with zero attached hydrogens (tertiary/aromatic N) is 12. The molecule has 0 bridgehead atoms. The van der Waals surface area contributed by atoms with Crippen LogP contribution >= 0.6 is 0 Å². The molecule has 8 aliphatic heterocycles. The molecule has 8 atom stereocenters. The Hall–Kier alpha value is -12.2. The Balaban J connectivity index is 0.000000135. The van der Waals surface area contributed by atoms with E-state index in [1.807, 2.05) is 0 Å². The second-order valence-corrected chi connectivity index (χ2v) is 29.6. The SMILES string of the molecule is CC(C)[C@@H]1CCCc2nc(C(=O)N[C@H]3COc4cc(F)cc(F)c4NC3=O)nn21.CC(C)[C@H]1CCCc2nc(C(=O)N[C@H]3COc4cc(F)cc(F)c4NC3=O)nn21.CCC[C@@H]1CCCc2nc(C(=O)N[C@H]3COc4cc(F)cc(F)c4NC3=O)nn21.CCC[C@H]1CCCc2nc(C(=O)N[C@H]3COc4cc(F)cc(F)c4NC3=O)nn21. The highest BCUT2D eigenvalue weighted by atomic mass is 19.2. The number of anilines is 4. The van der Waals surface area contributed by atoms with E-state index in [4.69, 9.17) is 18.9 Å². The van der Waals surface area contributed by atoms with Gasteiger partial charge >= 0.3 is 0 Å². The van der Waals surface area contributed by atoms with E-state index >= 15 is 0 Å². The van der Waals surface area contributed by atoms with Crippen LogP contribution in [0, 0.1) is 58.4 Å². The smallest absolute Gasteiger partial charge is 0.291 e. The van der Waals surface area contributed by atoms with Crippen molar-refractivity contribution in [1.29, 1.82) is 0 Å². The lowest BCUT2D eigenvalue weighted by atomic mass is 9.95. The number of ether oxygens (including phenoxy) is 4. The van der Waals surface area contributed by atoms with Gasteiger partial charge in [-0.05, 0) is 76.0 Å². The van der Waals surface area contributed by atoms with Crippen LogP contribution in [0.25, 0.3) is 0 Å². The van der Waals surface area contributed by atoms with Crippen LogP contribution in [0.4, 0.5) is 57.9 Å². The molecule has 0 radical (unpaired) electrons. The normalized spacial score (nSPS) is 20.8. The Kier molecular flexibility index (Phi) is 24.9. The highest BCUT2D eigenvalue weighted by Gasteiger charge is 2.38. The molecule has 0 unspecified atom stereocenters. The van der Waals surface area contributed by atoms with Gasteiger partial charge in [-0.3, -0.25) is 38.4 Å². The van der Waals surface area contributed by atoms with Gasteiger partial charge in [0, 0.05) is 74.2 Å². The van der Waals surface area contributed by atoms with Gasteiger partial charge in [-0.25, -0.2) is 73.8 Å². The number of fused-ring (bicyclic) bond motifs is 8. The molecule has 40 heteroatoms. The van der Waals surface area contributed by atoms with Gasteiger partial charge in [-0.1, -0.05) is 54.4 Å². The number of carbonyl (C=O) groups excluding carboxylic acids is 8. The maximum absolute atomic E-state index is 13.9. The van der Waals surface area contributed by atoms with Crippen LogP contribution in [0.5, 0.6) is 23.0 Å². The fourth-order valence-corrected chi connectivity index (χ4v) is 14.8. The fourth-order valence-electron chi connectivity index (χ4n) is 14.8. The first-order chi connectivity index (χ1) is 55.6. The van der Waals surface area contributed by atoms with Crippen molar-refractivity contribution in [2.24, 2.45) is 11.8 Å². The van der Waals surface area contributed by atoms with Crippen LogP contribution in [-0.4, -0.2) is 157 Å². The summed E-state index contributed by atoms with van der Waals surface area (Å²) >= 11 is 0. The number of aromatic nitrogens is 12. The van der Waals surface area contributed by atoms with Crippen molar-refractivity contribution in [1.82, 2.24) is 80.3 Å². The molecule has 32 nitrogen and oxygen atoms in total. The van der Waals surface area contributed by atoms with Crippen molar-refractivity contribution < 1.29 is 92.4 Å². The molecule has 4 aromatic carbocycles. The van der Waals surface area contributed by atoms with Crippen LogP contribution in [0.3, 0.4) is 0 Å². The average molecular weight is 1620 g/mol. The number of rotatable bonds is 14. The molecule has 16 rings (SSSR count). The van der Waals surface area contributed by atoms with Gasteiger partial charge in [-0.15, -0.1) is 20.4 Å². The Morgan fingerprint density at radius 2 is 0.629 bits per heavy atom. The molecule has 8 N–H and O–H groups in total. The second kappa shape index (κ2) is 35.3. The predicted octanol–water partition coefficient (Wildman–Crippen LogP) is 9.17. The van der Waals surface area contributed by atoms with E-state index in [2.05, 4.69) is 124 Å². The van der Waals surface area contributed by atoms with Crippen LogP contribution < -0.4 is 61.5 Å². The topological polar surface area (TPSA) is 393 Å². The van der Waals surface area contributed by atoms with E-state index in [9.17, 15) is 73.5 Å². The number of nitrogens with one attached hydrogen (secondary N) is 8. The number of aryl methyl sites for hydroxylation is 4. The summed E-state index contributed by atoms with van der Waals surface area (Å²) in [5.74, 6) is -9.26. The Morgan fingerprint density at radius 1 is 0.388 bits per heavy atom. The predicted molar refractivity (Wildman–Crippen MR) is 394 cm³/mol. The standard InChI is InChI=1S/4C19H21F2N5O3/c2*1-9(2)13-4-3-5-15-23-17(25-26(13)15)19(28)22-12-8-29-14-7-10(20)6-11(21)16(14)24-18(12)27;2*1-2-4-11-5-3-6-15-23-17(25-26(11)15)19(28)22-13-9-29-14-8-10(20)7-12(21)16(14)24-18(13)27/h2*6-7,9,12-13H,3-5,8H2,1-2H3,(H,22,28)(H,24,27);2*7-8,11,13H,2-6,9H2,1H3,(H,22,28)(H,24,27)/t12-,13+;12-,13-;11-,13+;11-,13-/m0010/s1. The van der Waals surface area contributed by atoms with Crippen molar-refractivity contribution in [3.63, 3.8) is 0 Å². The molecular weight excluding hydrogens is 1540 g/mol. The Labute approximate surface area is 657 Å². The zero-order valence-electron chi connectivity index (χ0n) is 63.8. The van der Waals surface area contributed by atoms with Crippen molar-refractivity contribution in [3.8, 4) is 23.0 Å². The van der Waals surface area contributed by atoms with E-state index < -0.39 is 118 Å². The molecule has 616 valence electrons. The zero-order valence-corrected chi connectivity index (χ0v) is 63.8. The van der Waals surface area contributed by atoms with Gasteiger partial charge < -0.3 is 61.5 Å². The van der Waals surface area contributed by atoms with Crippen LogP contribution in [0.2, 0.25) is 0 Å². The first kappa shape index (κ1) is 81.8. The van der Waals surface area contributed by atoms with E-state index in [1.165, 1.54) is 0 Å². The van der Waals surface area contributed by atoms with Crippen LogP contribution in [0.1, 0.15) is 209 Å². The van der Waals surface area contributed by atoms with Crippen molar-refractivity contribution in [3.05, 3.63) is 142 Å². The molecule has 0 saturated heterocycles. The summed E-state index contributed by atoms with van der Waals surface area (Å²) in [7, 11) is 0. The summed E-state index contributed by atoms with van der Waals surface area (Å²) in [4.78, 5) is 117. The molecule has 116 heavy (non-hydrogen) atoms. The lowest BCUT2D eigenvalue weighted by molar-refractivity contribution is -0.119. The van der Waals surface area contributed by atoms with Crippen LogP contribution in [-0.2, 0) is 44.9 Å². The molecule has 8 amide bonds. The minimum Gasteiger partial charge on any atom is -0.488 e. The molecule has 12 heterocycles.